The zero-order valence-corrected chi connectivity index (χ0v) is 16.3. The van der Waals surface area contributed by atoms with E-state index in [1.54, 1.807) is 12.1 Å². The van der Waals surface area contributed by atoms with Crippen LogP contribution < -0.4 is 9.83 Å². The van der Waals surface area contributed by atoms with Crippen LogP contribution in [-0.2, 0) is 26.4 Å². The highest BCUT2D eigenvalue weighted by atomic mass is 32.5. The summed E-state index contributed by atoms with van der Waals surface area (Å²) in [6.45, 7) is -0.404. The average Bonchev–Trinajstić information content (AvgIpc) is 2.56. The number of hydrogen-bond donors (Lipinski definition) is 0. The number of benzene rings is 2. The summed E-state index contributed by atoms with van der Waals surface area (Å²) in [5, 5.41) is 0.812. The van der Waals surface area contributed by atoms with Crippen molar-refractivity contribution in [1.29, 1.82) is 0 Å². The summed E-state index contributed by atoms with van der Waals surface area (Å²) < 4.78 is 37.0. The predicted octanol–water partition coefficient (Wildman–Crippen LogP) is 2.99. The number of rotatable bonds is 7. The van der Waals surface area contributed by atoms with E-state index in [9.17, 15) is 8.42 Å². The standard InChI is InChI=1S/C16H20NO4PS2/c1-4-20-22(23,15-8-6-5-7-9-15)21-14-10-12-16(13-11-14)24(18,19)17(2)3/h5-13H,4H2,1-3H3. The zero-order valence-electron chi connectivity index (χ0n) is 13.7. The van der Waals surface area contributed by atoms with Crippen molar-refractivity contribution in [3.8, 4) is 5.75 Å². The molecule has 8 heteroatoms. The van der Waals surface area contributed by atoms with Gasteiger partial charge in [-0.3, -0.25) is 0 Å². The lowest BCUT2D eigenvalue weighted by Crippen LogP contribution is -2.22. The van der Waals surface area contributed by atoms with Crippen molar-refractivity contribution in [2.24, 2.45) is 0 Å². The number of sulfonamides is 1. The molecule has 2 aromatic carbocycles. The molecule has 130 valence electrons. The van der Waals surface area contributed by atoms with Gasteiger partial charge < -0.3 is 9.05 Å². The maximum Gasteiger partial charge on any atom is 0.269 e. The lowest BCUT2D eigenvalue weighted by atomic mass is 10.3. The summed E-state index contributed by atoms with van der Waals surface area (Å²) in [7, 11) is -0.490. The molecule has 0 amide bonds. The van der Waals surface area contributed by atoms with Gasteiger partial charge in [-0.05, 0) is 55.1 Å². The lowest BCUT2D eigenvalue weighted by Gasteiger charge is -2.23. The quantitative estimate of drug-likeness (QED) is 0.686. The molecule has 0 saturated carbocycles. The summed E-state index contributed by atoms with van der Waals surface area (Å²) in [6.07, 6.45) is 0. The Kier molecular flexibility index (Phi) is 6.17. The van der Waals surface area contributed by atoms with Crippen molar-refractivity contribution in [3.63, 3.8) is 0 Å². The lowest BCUT2D eigenvalue weighted by molar-refractivity contribution is 0.339. The van der Waals surface area contributed by atoms with Gasteiger partial charge in [0.2, 0.25) is 10.0 Å². The Balaban J connectivity index is 2.30. The molecule has 0 spiro atoms. The first-order valence-corrected chi connectivity index (χ1v) is 11.4. The summed E-state index contributed by atoms with van der Waals surface area (Å²) in [5.41, 5.74) is 0. The second kappa shape index (κ2) is 7.76. The molecule has 0 aromatic heterocycles. The molecule has 2 rings (SSSR count). The van der Waals surface area contributed by atoms with E-state index < -0.39 is 16.5 Å². The van der Waals surface area contributed by atoms with Crippen LogP contribution >= 0.6 is 6.49 Å². The van der Waals surface area contributed by atoms with E-state index in [0.717, 1.165) is 9.61 Å². The molecule has 0 aliphatic rings. The molecule has 0 aliphatic heterocycles. The van der Waals surface area contributed by atoms with E-state index in [-0.39, 0.29) is 4.90 Å². The van der Waals surface area contributed by atoms with Crippen LogP contribution in [0, 0.1) is 0 Å². The van der Waals surface area contributed by atoms with E-state index in [4.69, 9.17) is 20.9 Å². The fourth-order valence-electron chi connectivity index (χ4n) is 1.96. The fourth-order valence-corrected chi connectivity index (χ4v) is 5.38. The highest BCUT2D eigenvalue weighted by Crippen LogP contribution is 2.47. The van der Waals surface area contributed by atoms with Crippen LogP contribution in [0.3, 0.4) is 0 Å². The summed E-state index contributed by atoms with van der Waals surface area (Å²) in [6, 6.07) is 15.6. The molecule has 0 aliphatic carbocycles. The van der Waals surface area contributed by atoms with Crippen LogP contribution in [0.25, 0.3) is 0 Å². The van der Waals surface area contributed by atoms with E-state index in [1.807, 2.05) is 37.3 Å². The smallest absolute Gasteiger partial charge is 0.269 e. The van der Waals surface area contributed by atoms with Gasteiger partial charge in [0.25, 0.3) is 6.49 Å². The first kappa shape index (κ1) is 19.1. The normalized spacial score (nSPS) is 14.3. The van der Waals surface area contributed by atoms with Crippen LogP contribution in [0.2, 0.25) is 0 Å². The van der Waals surface area contributed by atoms with Crippen molar-refractivity contribution in [2.75, 3.05) is 20.7 Å². The molecule has 0 fully saturated rings. The van der Waals surface area contributed by atoms with Crippen molar-refractivity contribution < 1.29 is 17.5 Å². The van der Waals surface area contributed by atoms with Crippen LogP contribution in [0.15, 0.2) is 59.5 Å². The Labute approximate surface area is 148 Å². The third kappa shape index (κ3) is 4.23. The third-order valence-corrected chi connectivity index (χ3v) is 8.18. The van der Waals surface area contributed by atoms with Crippen LogP contribution in [0.4, 0.5) is 0 Å². The number of hydrogen-bond acceptors (Lipinski definition) is 5. The Morgan fingerprint density at radius 2 is 1.62 bits per heavy atom. The maximum atomic E-state index is 12.1. The SMILES string of the molecule is CCOP(=S)(Oc1ccc(S(=O)(=O)N(C)C)cc1)c1ccccc1. The molecule has 0 heterocycles. The second-order valence-corrected chi connectivity index (χ2v) is 10.6. The topological polar surface area (TPSA) is 55.8 Å². The monoisotopic (exact) mass is 385 g/mol. The van der Waals surface area contributed by atoms with E-state index in [0.29, 0.717) is 12.4 Å². The first-order chi connectivity index (χ1) is 11.3. The Morgan fingerprint density at radius 3 is 2.12 bits per heavy atom. The van der Waals surface area contributed by atoms with E-state index >= 15 is 0 Å². The zero-order chi connectivity index (χ0) is 17.8. The van der Waals surface area contributed by atoms with Crippen LogP contribution in [0.5, 0.6) is 5.75 Å². The van der Waals surface area contributed by atoms with Gasteiger partial charge in [-0.15, -0.1) is 0 Å². The summed E-state index contributed by atoms with van der Waals surface area (Å²) in [4.78, 5) is 0.198. The maximum absolute atomic E-state index is 12.1. The van der Waals surface area contributed by atoms with E-state index in [1.165, 1.54) is 26.2 Å². The molecule has 0 saturated heterocycles. The molecular weight excluding hydrogens is 365 g/mol. The van der Waals surface area contributed by atoms with Crippen molar-refractivity contribution in [2.45, 2.75) is 11.8 Å². The first-order valence-electron chi connectivity index (χ1n) is 7.32. The van der Waals surface area contributed by atoms with Gasteiger partial charge in [-0.25, -0.2) is 12.7 Å². The van der Waals surface area contributed by atoms with E-state index in [2.05, 4.69) is 0 Å². The van der Waals surface area contributed by atoms with Crippen LogP contribution in [0.1, 0.15) is 6.92 Å². The number of nitrogens with zero attached hydrogens (tertiary/aromatic N) is 1. The minimum Gasteiger partial charge on any atom is -0.440 e. The molecule has 5 nitrogen and oxygen atoms in total. The third-order valence-electron chi connectivity index (χ3n) is 3.20. The van der Waals surface area contributed by atoms with Gasteiger partial charge in [0.15, 0.2) is 0 Å². The Hall–Kier alpha value is -1.24. The van der Waals surface area contributed by atoms with Gasteiger partial charge in [0.1, 0.15) is 5.75 Å². The second-order valence-electron chi connectivity index (χ2n) is 5.10. The minimum atomic E-state index is -3.47. The van der Waals surface area contributed by atoms with Gasteiger partial charge in [-0.2, -0.15) is 0 Å². The fraction of sp³-hybridized carbons (Fsp3) is 0.250. The van der Waals surface area contributed by atoms with Gasteiger partial charge >= 0.3 is 0 Å². The minimum absolute atomic E-state index is 0.198. The van der Waals surface area contributed by atoms with Crippen molar-refractivity contribution in [3.05, 3.63) is 54.6 Å². The van der Waals surface area contributed by atoms with Gasteiger partial charge in [0.05, 0.1) is 11.5 Å². The Bertz CT molecular complexity index is 821. The molecule has 0 bridgehead atoms. The highest BCUT2D eigenvalue weighted by molar-refractivity contribution is 8.13. The molecule has 0 radical (unpaired) electrons. The van der Waals surface area contributed by atoms with Crippen molar-refractivity contribution >= 4 is 33.6 Å². The molecule has 1 unspecified atom stereocenters. The summed E-state index contributed by atoms with van der Waals surface area (Å²) >= 11 is 5.64. The molecule has 2 aromatic rings. The average molecular weight is 385 g/mol. The molecule has 0 N–H and O–H groups in total. The summed E-state index contributed by atoms with van der Waals surface area (Å²) in [5.74, 6) is 0.480. The highest BCUT2D eigenvalue weighted by Gasteiger charge is 2.23. The largest absolute Gasteiger partial charge is 0.440 e. The van der Waals surface area contributed by atoms with Gasteiger partial charge in [-0.1, -0.05) is 18.2 Å². The van der Waals surface area contributed by atoms with Crippen LogP contribution in [-0.4, -0.2) is 33.4 Å². The van der Waals surface area contributed by atoms with Gasteiger partial charge in [0, 0.05) is 19.4 Å². The predicted molar refractivity (Wildman–Crippen MR) is 99.9 cm³/mol. The Morgan fingerprint density at radius 1 is 1.04 bits per heavy atom. The molecule has 24 heavy (non-hydrogen) atoms. The molecular formula is C16H20NO4PS2. The molecule has 1 atom stereocenters. The van der Waals surface area contributed by atoms with Crippen molar-refractivity contribution in [1.82, 2.24) is 4.31 Å².